The first-order valence-corrected chi connectivity index (χ1v) is 7.16. The molecule has 0 bridgehead atoms. The number of rotatable bonds is 3. The molecule has 3 heterocycles. The Bertz CT molecular complexity index is 475. The van der Waals surface area contributed by atoms with Crippen molar-refractivity contribution in [3.8, 4) is 0 Å². The molecule has 0 radical (unpaired) electrons. The molecule has 104 valence electrons. The van der Waals surface area contributed by atoms with Crippen molar-refractivity contribution >= 4 is 17.5 Å². The Morgan fingerprint density at radius 1 is 1.42 bits per heavy atom. The van der Waals surface area contributed by atoms with Gasteiger partial charge in [0.25, 0.3) is 0 Å². The van der Waals surface area contributed by atoms with Gasteiger partial charge >= 0.3 is 0 Å². The first-order chi connectivity index (χ1) is 9.13. The second kappa shape index (κ2) is 5.13. The number of nitrogens with zero attached hydrogens (tertiary/aromatic N) is 4. The second-order valence-electron chi connectivity index (χ2n) is 5.60. The van der Waals surface area contributed by atoms with Gasteiger partial charge in [-0.1, -0.05) is 11.6 Å². The number of halogens is 1. The Morgan fingerprint density at radius 3 is 3.00 bits per heavy atom. The van der Waals surface area contributed by atoms with Crippen molar-refractivity contribution in [1.82, 2.24) is 19.6 Å². The highest BCUT2D eigenvalue weighted by molar-refractivity contribution is 6.30. The molecule has 3 rings (SSSR count). The topological polar surface area (TPSA) is 41.4 Å². The minimum Gasteiger partial charge on any atom is -0.345 e. The summed E-state index contributed by atoms with van der Waals surface area (Å²) in [4.78, 5) is 16.3. The predicted molar refractivity (Wildman–Crippen MR) is 72.9 cm³/mol. The quantitative estimate of drug-likeness (QED) is 0.829. The average molecular weight is 283 g/mol. The van der Waals surface area contributed by atoms with Crippen LogP contribution in [0.15, 0.2) is 12.4 Å². The SMILES string of the molecule is CN1CC[C@@H]2CN(CCn3cc(Cl)cn3)C[C@@H]2C1=O. The lowest BCUT2D eigenvalue weighted by molar-refractivity contribution is -0.137. The molecule has 1 aromatic rings. The van der Waals surface area contributed by atoms with Crippen LogP contribution in [0.1, 0.15) is 6.42 Å². The van der Waals surface area contributed by atoms with Gasteiger partial charge in [-0.25, -0.2) is 0 Å². The molecule has 6 heteroatoms. The molecule has 0 unspecified atom stereocenters. The Morgan fingerprint density at radius 2 is 2.26 bits per heavy atom. The summed E-state index contributed by atoms with van der Waals surface area (Å²) >= 11 is 5.84. The van der Waals surface area contributed by atoms with E-state index >= 15 is 0 Å². The van der Waals surface area contributed by atoms with Gasteiger partial charge in [0.2, 0.25) is 5.91 Å². The molecule has 2 atom stereocenters. The summed E-state index contributed by atoms with van der Waals surface area (Å²) in [6.07, 6.45) is 4.63. The van der Waals surface area contributed by atoms with Gasteiger partial charge in [-0.15, -0.1) is 0 Å². The fraction of sp³-hybridized carbons (Fsp3) is 0.692. The molecule has 2 saturated heterocycles. The molecule has 1 aromatic heterocycles. The molecular formula is C13H19ClN4O. The third kappa shape index (κ3) is 2.62. The minimum atomic E-state index is 0.208. The Labute approximate surface area is 118 Å². The van der Waals surface area contributed by atoms with E-state index in [0.717, 1.165) is 39.1 Å². The normalized spacial score (nSPS) is 27.9. The van der Waals surface area contributed by atoms with Gasteiger partial charge in [-0.2, -0.15) is 5.10 Å². The largest absolute Gasteiger partial charge is 0.345 e. The summed E-state index contributed by atoms with van der Waals surface area (Å²) in [6.45, 7) is 4.60. The van der Waals surface area contributed by atoms with Gasteiger partial charge in [0.1, 0.15) is 0 Å². The summed E-state index contributed by atoms with van der Waals surface area (Å²) in [7, 11) is 1.91. The Hall–Kier alpha value is -1.07. The maximum absolute atomic E-state index is 12.1. The average Bonchev–Trinajstić information content (AvgIpc) is 2.98. The summed E-state index contributed by atoms with van der Waals surface area (Å²) in [5.74, 6) is 1.07. The fourth-order valence-electron chi connectivity index (χ4n) is 3.17. The van der Waals surface area contributed by atoms with Crippen molar-refractivity contribution < 1.29 is 4.79 Å². The number of carbonyl (C=O) groups excluding carboxylic acids is 1. The number of carbonyl (C=O) groups is 1. The zero-order chi connectivity index (χ0) is 13.4. The number of fused-ring (bicyclic) bond motifs is 1. The van der Waals surface area contributed by atoms with Crippen molar-refractivity contribution in [3.63, 3.8) is 0 Å². The number of amides is 1. The number of hydrogen-bond acceptors (Lipinski definition) is 3. The molecule has 0 N–H and O–H groups in total. The first kappa shape index (κ1) is 12.9. The molecule has 0 aliphatic carbocycles. The molecule has 2 aliphatic heterocycles. The monoisotopic (exact) mass is 282 g/mol. The maximum Gasteiger partial charge on any atom is 0.227 e. The summed E-state index contributed by atoms with van der Waals surface area (Å²) in [5.41, 5.74) is 0. The van der Waals surface area contributed by atoms with Crippen LogP contribution in [-0.4, -0.2) is 58.7 Å². The van der Waals surface area contributed by atoms with E-state index in [4.69, 9.17) is 11.6 Å². The van der Waals surface area contributed by atoms with Crippen molar-refractivity contribution in [1.29, 1.82) is 0 Å². The van der Waals surface area contributed by atoms with E-state index in [-0.39, 0.29) is 5.92 Å². The van der Waals surface area contributed by atoms with Crippen LogP contribution in [0.4, 0.5) is 0 Å². The molecule has 0 saturated carbocycles. The predicted octanol–water partition coefficient (Wildman–Crippen LogP) is 0.947. The van der Waals surface area contributed by atoms with Gasteiger partial charge in [-0.05, 0) is 12.3 Å². The molecule has 19 heavy (non-hydrogen) atoms. The van der Waals surface area contributed by atoms with Crippen LogP contribution in [0.3, 0.4) is 0 Å². The highest BCUT2D eigenvalue weighted by Crippen LogP contribution is 2.31. The number of hydrogen-bond donors (Lipinski definition) is 0. The van der Waals surface area contributed by atoms with Crippen LogP contribution in [0, 0.1) is 11.8 Å². The minimum absolute atomic E-state index is 0.208. The van der Waals surface area contributed by atoms with E-state index in [9.17, 15) is 4.79 Å². The third-order valence-electron chi connectivity index (χ3n) is 4.29. The zero-order valence-corrected chi connectivity index (χ0v) is 11.9. The van der Waals surface area contributed by atoms with Crippen molar-refractivity contribution in [2.45, 2.75) is 13.0 Å². The molecular weight excluding hydrogens is 264 g/mol. The number of piperidine rings is 1. The van der Waals surface area contributed by atoms with Crippen LogP contribution in [0.5, 0.6) is 0 Å². The van der Waals surface area contributed by atoms with Crippen molar-refractivity contribution in [2.24, 2.45) is 11.8 Å². The molecule has 1 amide bonds. The van der Waals surface area contributed by atoms with Gasteiger partial charge in [0.05, 0.1) is 23.7 Å². The number of aromatic nitrogens is 2. The van der Waals surface area contributed by atoms with Crippen LogP contribution < -0.4 is 0 Å². The lowest BCUT2D eigenvalue weighted by Crippen LogP contribution is -2.42. The Balaban J connectivity index is 1.55. The Kier molecular flexibility index (Phi) is 3.50. The molecule has 2 aliphatic rings. The highest BCUT2D eigenvalue weighted by Gasteiger charge is 2.41. The molecule has 2 fully saturated rings. The van der Waals surface area contributed by atoms with Crippen molar-refractivity contribution in [2.75, 3.05) is 33.2 Å². The van der Waals surface area contributed by atoms with E-state index in [1.54, 1.807) is 6.20 Å². The van der Waals surface area contributed by atoms with Crippen LogP contribution in [-0.2, 0) is 11.3 Å². The standard InChI is InChI=1S/C13H19ClN4O/c1-16-3-2-10-7-17(9-12(10)13(16)19)4-5-18-8-11(14)6-15-18/h6,8,10,12H,2-5,7,9H2,1H3/t10-,12+/m1/s1. The molecule has 0 aromatic carbocycles. The second-order valence-corrected chi connectivity index (χ2v) is 6.03. The highest BCUT2D eigenvalue weighted by atomic mass is 35.5. The van der Waals surface area contributed by atoms with E-state index in [1.807, 2.05) is 22.8 Å². The van der Waals surface area contributed by atoms with E-state index < -0.39 is 0 Å². The van der Waals surface area contributed by atoms with Crippen LogP contribution in [0.25, 0.3) is 0 Å². The van der Waals surface area contributed by atoms with Crippen molar-refractivity contribution in [3.05, 3.63) is 17.4 Å². The zero-order valence-electron chi connectivity index (χ0n) is 11.1. The van der Waals surface area contributed by atoms with Gasteiger partial charge in [0.15, 0.2) is 0 Å². The van der Waals surface area contributed by atoms with E-state index in [1.165, 1.54) is 0 Å². The molecule has 0 spiro atoms. The molecule has 5 nitrogen and oxygen atoms in total. The fourth-order valence-corrected chi connectivity index (χ4v) is 3.33. The maximum atomic E-state index is 12.1. The summed E-state index contributed by atoms with van der Waals surface area (Å²) in [6, 6.07) is 0. The van der Waals surface area contributed by atoms with Gasteiger partial charge in [-0.3, -0.25) is 9.48 Å². The van der Waals surface area contributed by atoms with Crippen LogP contribution >= 0.6 is 11.6 Å². The third-order valence-corrected chi connectivity index (χ3v) is 4.49. The lowest BCUT2D eigenvalue weighted by Gasteiger charge is -2.30. The van der Waals surface area contributed by atoms with Gasteiger partial charge < -0.3 is 9.80 Å². The first-order valence-electron chi connectivity index (χ1n) is 6.79. The summed E-state index contributed by atoms with van der Waals surface area (Å²) in [5, 5.41) is 4.85. The summed E-state index contributed by atoms with van der Waals surface area (Å²) < 4.78 is 1.86. The van der Waals surface area contributed by atoms with Gasteiger partial charge in [0, 0.05) is 39.4 Å². The smallest absolute Gasteiger partial charge is 0.227 e. The van der Waals surface area contributed by atoms with E-state index in [0.29, 0.717) is 16.8 Å². The lowest BCUT2D eigenvalue weighted by atomic mass is 9.88. The number of likely N-dealkylation sites (tertiary alicyclic amines) is 2. The van der Waals surface area contributed by atoms with Crippen LogP contribution in [0.2, 0.25) is 5.02 Å². The van der Waals surface area contributed by atoms with E-state index in [2.05, 4.69) is 10.00 Å².